The first-order chi connectivity index (χ1) is 12.3. The molecule has 8 heteroatoms. The van der Waals surface area contributed by atoms with E-state index in [9.17, 15) is 8.42 Å². The average molecular weight is 392 g/mol. The quantitative estimate of drug-likeness (QED) is 0.640. The highest BCUT2D eigenvalue weighted by Crippen LogP contribution is 2.19. The van der Waals surface area contributed by atoms with Crippen molar-refractivity contribution in [1.29, 1.82) is 0 Å². The summed E-state index contributed by atoms with van der Waals surface area (Å²) in [4.78, 5) is 4.29. The first-order valence-corrected chi connectivity index (χ1v) is 9.90. The second-order valence-electron chi connectivity index (χ2n) is 6.02. The van der Waals surface area contributed by atoms with Crippen molar-refractivity contribution in [3.05, 3.63) is 70.6 Å². The lowest BCUT2D eigenvalue weighted by Crippen LogP contribution is -2.27. The fourth-order valence-corrected chi connectivity index (χ4v) is 3.68. The van der Waals surface area contributed by atoms with Crippen LogP contribution < -0.4 is 0 Å². The highest BCUT2D eigenvalue weighted by atomic mass is 35.5. The summed E-state index contributed by atoms with van der Waals surface area (Å²) in [7, 11) is -2.04. The molecule has 0 aliphatic heterocycles. The molecule has 1 aromatic heterocycles. The Morgan fingerprint density at radius 1 is 1.15 bits per heavy atom. The Balaban J connectivity index is 1.71. The number of benzene rings is 2. The first kappa shape index (κ1) is 18.6. The van der Waals surface area contributed by atoms with Crippen LogP contribution in [0.4, 0.5) is 0 Å². The van der Waals surface area contributed by atoms with Gasteiger partial charge in [0.05, 0.1) is 12.3 Å². The summed E-state index contributed by atoms with van der Waals surface area (Å²) < 4.78 is 31.4. The predicted molar refractivity (Wildman–Crippen MR) is 100 cm³/mol. The van der Waals surface area contributed by atoms with Gasteiger partial charge in [-0.05, 0) is 30.7 Å². The van der Waals surface area contributed by atoms with E-state index in [0.717, 1.165) is 11.1 Å². The number of halogens is 1. The molecule has 0 radical (unpaired) electrons. The van der Waals surface area contributed by atoms with Crippen molar-refractivity contribution in [2.45, 2.75) is 19.2 Å². The van der Waals surface area contributed by atoms with Crippen LogP contribution in [0.3, 0.4) is 0 Å². The standard InChI is InChI=1S/C18H18ClN3O3S/c1-13-4-3-5-15(10-13)18-20-17(25-21-18)11-22(2)26(23,24)12-14-6-8-16(19)9-7-14/h3-10H,11-12H2,1-2H3. The zero-order valence-electron chi connectivity index (χ0n) is 14.4. The molecule has 0 bridgehead atoms. The van der Waals surface area contributed by atoms with Crippen LogP contribution in [-0.2, 0) is 22.3 Å². The Kier molecular flexibility index (Phi) is 5.41. The molecule has 0 spiro atoms. The molecule has 3 aromatic rings. The van der Waals surface area contributed by atoms with Crippen LogP contribution >= 0.6 is 11.6 Å². The lowest BCUT2D eigenvalue weighted by molar-refractivity contribution is 0.336. The number of rotatable bonds is 6. The molecule has 0 unspecified atom stereocenters. The molecule has 0 fully saturated rings. The van der Waals surface area contributed by atoms with Crippen molar-refractivity contribution in [3.63, 3.8) is 0 Å². The van der Waals surface area contributed by atoms with Crippen LogP contribution in [0.5, 0.6) is 0 Å². The highest BCUT2D eigenvalue weighted by molar-refractivity contribution is 7.88. The molecule has 136 valence electrons. The van der Waals surface area contributed by atoms with E-state index in [0.29, 0.717) is 16.4 Å². The van der Waals surface area contributed by atoms with Crippen LogP contribution in [0.15, 0.2) is 53.1 Å². The Labute approximate surface area is 157 Å². The van der Waals surface area contributed by atoms with E-state index in [1.165, 1.54) is 11.4 Å². The van der Waals surface area contributed by atoms with E-state index in [1.54, 1.807) is 24.3 Å². The molecule has 0 saturated carbocycles. The summed E-state index contributed by atoms with van der Waals surface area (Å²) in [6, 6.07) is 14.4. The van der Waals surface area contributed by atoms with Gasteiger partial charge in [0, 0.05) is 17.6 Å². The third-order valence-corrected chi connectivity index (χ3v) is 5.87. The lowest BCUT2D eigenvalue weighted by atomic mass is 10.1. The molecule has 26 heavy (non-hydrogen) atoms. The van der Waals surface area contributed by atoms with Gasteiger partial charge in [0.15, 0.2) is 0 Å². The van der Waals surface area contributed by atoms with Crippen LogP contribution in [-0.4, -0.2) is 29.9 Å². The van der Waals surface area contributed by atoms with Gasteiger partial charge in [0.25, 0.3) is 0 Å². The monoisotopic (exact) mass is 391 g/mol. The number of nitrogens with zero attached hydrogens (tertiary/aromatic N) is 3. The minimum atomic E-state index is -3.52. The molecule has 0 aliphatic rings. The van der Waals surface area contributed by atoms with Gasteiger partial charge in [0.1, 0.15) is 0 Å². The molecule has 2 aromatic carbocycles. The van der Waals surface area contributed by atoms with E-state index < -0.39 is 10.0 Å². The van der Waals surface area contributed by atoms with Gasteiger partial charge in [-0.3, -0.25) is 0 Å². The summed E-state index contributed by atoms with van der Waals surface area (Å²) in [6.45, 7) is 1.98. The average Bonchev–Trinajstić information content (AvgIpc) is 3.05. The van der Waals surface area contributed by atoms with Crippen molar-refractivity contribution >= 4 is 21.6 Å². The van der Waals surface area contributed by atoms with Gasteiger partial charge in [0.2, 0.25) is 21.7 Å². The van der Waals surface area contributed by atoms with E-state index >= 15 is 0 Å². The summed E-state index contributed by atoms with van der Waals surface area (Å²) in [6.07, 6.45) is 0. The third kappa shape index (κ3) is 4.49. The van der Waals surface area contributed by atoms with Crippen molar-refractivity contribution < 1.29 is 12.9 Å². The molecule has 1 heterocycles. The summed E-state index contributed by atoms with van der Waals surface area (Å²) >= 11 is 5.83. The molecule has 0 atom stereocenters. The first-order valence-electron chi connectivity index (χ1n) is 7.91. The Morgan fingerprint density at radius 3 is 2.58 bits per heavy atom. The van der Waals surface area contributed by atoms with Gasteiger partial charge in [-0.1, -0.05) is 52.7 Å². The van der Waals surface area contributed by atoms with Crippen LogP contribution in [0.1, 0.15) is 17.0 Å². The number of aromatic nitrogens is 2. The summed E-state index contributed by atoms with van der Waals surface area (Å²) in [5, 5.41) is 4.50. The van der Waals surface area contributed by atoms with Crippen LogP contribution in [0.25, 0.3) is 11.4 Å². The molecule has 6 nitrogen and oxygen atoms in total. The van der Waals surface area contributed by atoms with E-state index in [2.05, 4.69) is 10.1 Å². The fourth-order valence-electron chi connectivity index (χ4n) is 2.41. The smallest absolute Gasteiger partial charge is 0.242 e. The van der Waals surface area contributed by atoms with Gasteiger partial charge in [-0.2, -0.15) is 9.29 Å². The maximum Gasteiger partial charge on any atom is 0.242 e. The van der Waals surface area contributed by atoms with E-state index in [1.807, 2.05) is 31.2 Å². The second kappa shape index (κ2) is 7.57. The number of sulfonamides is 1. The molecule has 0 N–H and O–H groups in total. The molecular weight excluding hydrogens is 374 g/mol. The van der Waals surface area contributed by atoms with Crippen molar-refractivity contribution in [2.75, 3.05) is 7.05 Å². The van der Waals surface area contributed by atoms with Gasteiger partial charge >= 0.3 is 0 Å². The Morgan fingerprint density at radius 2 is 1.88 bits per heavy atom. The lowest BCUT2D eigenvalue weighted by Gasteiger charge is -2.15. The maximum absolute atomic E-state index is 12.5. The summed E-state index contributed by atoms with van der Waals surface area (Å²) in [5.41, 5.74) is 2.57. The number of hydrogen-bond donors (Lipinski definition) is 0. The number of aryl methyl sites for hydroxylation is 1. The normalized spacial score (nSPS) is 11.8. The second-order valence-corrected chi connectivity index (χ2v) is 8.53. The molecule has 3 rings (SSSR count). The van der Waals surface area contributed by atoms with E-state index in [4.69, 9.17) is 16.1 Å². The summed E-state index contributed by atoms with van der Waals surface area (Å²) in [5.74, 6) is 0.551. The SMILES string of the molecule is Cc1cccc(-c2noc(CN(C)S(=O)(=O)Cc3ccc(Cl)cc3)n2)c1. The Bertz CT molecular complexity index is 1000. The van der Waals surface area contributed by atoms with Gasteiger partial charge in [-0.15, -0.1) is 0 Å². The predicted octanol–water partition coefficient (Wildman–Crippen LogP) is 3.66. The van der Waals surface area contributed by atoms with Crippen molar-refractivity contribution in [3.8, 4) is 11.4 Å². The van der Waals surface area contributed by atoms with Gasteiger partial charge in [-0.25, -0.2) is 8.42 Å². The Hall–Kier alpha value is -2.22. The van der Waals surface area contributed by atoms with Crippen molar-refractivity contribution in [2.24, 2.45) is 0 Å². The van der Waals surface area contributed by atoms with Gasteiger partial charge < -0.3 is 4.52 Å². The highest BCUT2D eigenvalue weighted by Gasteiger charge is 2.21. The number of hydrogen-bond acceptors (Lipinski definition) is 5. The third-order valence-electron chi connectivity index (χ3n) is 3.84. The minimum Gasteiger partial charge on any atom is -0.338 e. The minimum absolute atomic E-state index is 0.00867. The maximum atomic E-state index is 12.5. The van der Waals surface area contributed by atoms with Crippen LogP contribution in [0.2, 0.25) is 5.02 Å². The molecule has 0 saturated heterocycles. The van der Waals surface area contributed by atoms with Crippen molar-refractivity contribution in [1.82, 2.24) is 14.4 Å². The molecule has 0 aliphatic carbocycles. The molecule has 0 amide bonds. The fraction of sp³-hybridized carbons (Fsp3) is 0.222. The zero-order chi connectivity index (χ0) is 18.7. The van der Waals surface area contributed by atoms with E-state index in [-0.39, 0.29) is 18.2 Å². The zero-order valence-corrected chi connectivity index (χ0v) is 16.0. The van der Waals surface area contributed by atoms with Crippen LogP contribution in [0, 0.1) is 6.92 Å². The topological polar surface area (TPSA) is 76.3 Å². The molecular formula is C18H18ClN3O3S. The largest absolute Gasteiger partial charge is 0.338 e.